The second kappa shape index (κ2) is 7.42. The van der Waals surface area contributed by atoms with Crippen molar-refractivity contribution in [3.05, 3.63) is 18.5 Å². The van der Waals surface area contributed by atoms with Gasteiger partial charge in [-0.3, -0.25) is 0 Å². The zero-order valence-corrected chi connectivity index (χ0v) is 13.9. The van der Waals surface area contributed by atoms with Gasteiger partial charge in [-0.05, 0) is 25.9 Å². The molecule has 1 aromatic heterocycles. The molecule has 0 spiro atoms. The Balaban J connectivity index is 2.10. The molecule has 0 aliphatic carbocycles. The summed E-state index contributed by atoms with van der Waals surface area (Å²) in [7, 11) is -2.94. The maximum atomic E-state index is 11.2. The van der Waals surface area contributed by atoms with Crippen LogP contribution >= 0.6 is 11.8 Å². The molecule has 0 amide bonds. The first-order chi connectivity index (χ1) is 10.0. The third-order valence-electron chi connectivity index (χ3n) is 3.45. The average molecular weight is 330 g/mol. The van der Waals surface area contributed by atoms with Crippen LogP contribution in [0.25, 0.3) is 0 Å². The maximum absolute atomic E-state index is 11.2. The molecule has 1 aliphatic rings. The molecule has 118 valence electrons. The summed E-state index contributed by atoms with van der Waals surface area (Å²) in [6, 6.07) is 0. The normalized spacial score (nSPS) is 17.0. The van der Waals surface area contributed by atoms with Crippen LogP contribution in [0, 0.1) is 0 Å². The summed E-state index contributed by atoms with van der Waals surface area (Å²) >= 11 is 1.45. The van der Waals surface area contributed by atoms with Crippen LogP contribution in [0.1, 0.15) is 24.6 Å². The molecule has 6 nitrogen and oxygen atoms in total. The zero-order chi connectivity index (χ0) is 15.3. The quantitative estimate of drug-likeness (QED) is 0.595. The molecule has 1 N–H and O–H groups in total. The first-order valence-corrected chi connectivity index (χ1v) is 10.1. The number of hydrogen-bond acceptors (Lipinski definition) is 6. The highest BCUT2D eigenvalue weighted by Crippen LogP contribution is 2.27. The minimum atomic E-state index is -2.94. The topological polar surface area (TPSA) is 76.9 Å². The fraction of sp³-hybridized carbons (Fsp3) is 0.692. The lowest BCUT2D eigenvalue weighted by Gasteiger charge is -2.22. The number of nitrogens with zero attached hydrogens (tertiary/aromatic N) is 3. The van der Waals surface area contributed by atoms with E-state index in [1.807, 2.05) is 6.08 Å². The first kappa shape index (κ1) is 16.5. The Kier molecular flexibility index (Phi) is 5.83. The molecule has 0 unspecified atom stereocenters. The van der Waals surface area contributed by atoms with E-state index in [2.05, 4.69) is 26.7 Å². The van der Waals surface area contributed by atoms with Gasteiger partial charge in [-0.2, -0.15) is 0 Å². The lowest BCUT2D eigenvalue weighted by Crippen LogP contribution is -2.28. The van der Waals surface area contributed by atoms with Crippen molar-refractivity contribution in [2.24, 2.45) is 0 Å². The van der Waals surface area contributed by atoms with Crippen molar-refractivity contribution in [1.82, 2.24) is 20.1 Å². The molecule has 1 aliphatic heterocycles. The molecule has 0 bridgehead atoms. The molecule has 8 heteroatoms. The number of aromatic nitrogens is 3. The molecule has 0 saturated carbocycles. The van der Waals surface area contributed by atoms with E-state index in [4.69, 9.17) is 0 Å². The van der Waals surface area contributed by atoms with E-state index in [9.17, 15) is 8.42 Å². The van der Waals surface area contributed by atoms with E-state index in [1.165, 1.54) is 18.0 Å². The number of thioether (sulfide) groups is 1. The van der Waals surface area contributed by atoms with Gasteiger partial charge in [0.25, 0.3) is 0 Å². The van der Waals surface area contributed by atoms with Crippen molar-refractivity contribution >= 4 is 21.6 Å². The van der Waals surface area contributed by atoms with Gasteiger partial charge in [-0.25, -0.2) is 8.42 Å². The zero-order valence-electron chi connectivity index (χ0n) is 12.3. The summed E-state index contributed by atoms with van der Waals surface area (Å²) in [6.45, 7) is 6.45. The van der Waals surface area contributed by atoms with Crippen molar-refractivity contribution in [1.29, 1.82) is 0 Å². The Morgan fingerprint density at radius 1 is 1.43 bits per heavy atom. The molecular weight excluding hydrogens is 308 g/mol. The maximum Gasteiger partial charge on any atom is 0.191 e. The predicted molar refractivity (Wildman–Crippen MR) is 85.5 cm³/mol. The molecule has 21 heavy (non-hydrogen) atoms. The number of hydrogen-bond donors (Lipinski definition) is 1. The van der Waals surface area contributed by atoms with Gasteiger partial charge >= 0.3 is 0 Å². The van der Waals surface area contributed by atoms with Gasteiger partial charge in [0.15, 0.2) is 5.16 Å². The number of rotatable bonds is 7. The van der Waals surface area contributed by atoms with E-state index < -0.39 is 9.84 Å². The van der Waals surface area contributed by atoms with E-state index >= 15 is 0 Å². The Hall–Kier alpha value is -0.860. The van der Waals surface area contributed by atoms with E-state index in [-0.39, 0.29) is 5.75 Å². The third kappa shape index (κ3) is 4.82. The summed E-state index contributed by atoms with van der Waals surface area (Å²) in [6.07, 6.45) is 5.20. The minimum absolute atomic E-state index is 0.154. The minimum Gasteiger partial charge on any atom is -0.317 e. The molecule has 1 fully saturated rings. The molecule has 0 aromatic carbocycles. The number of allylic oxidation sites excluding steroid dienone is 1. The predicted octanol–water partition coefficient (Wildman–Crippen LogP) is 1.07. The van der Waals surface area contributed by atoms with E-state index in [0.29, 0.717) is 18.2 Å². The van der Waals surface area contributed by atoms with Gasteiger partial charge in [0.1, 0.15) is 15.7 Å². The SMILES string of the molecule is C=CCn1c(SCCS(C)(=O)=O)nnc1C1CCNCC1. The standard InChI is InChI=1S/C13H22N4O2S2/c1-3-8-17-12(11-4-6-14-7-5-11)15-16-13(17)20-9-10-21(2,18)19/h3,11,14H,1,4-10H2,2H3. The van der Waals surface area contributed by atoms with Crippen LogP contribution in [0.15, 0.2) is 17.8 Å². The van der Waals surface area contributed by atoms with Gasteiger partial charge in [0.05, 0.1) is 5.75 Å². The van der Waals surface area contributed by atoms with Gasteiger partial charge in [0, 0.05) is 24.5 Å². The van der Waals surface area contributed by atoms with E-state index in [0.717, 1.165) is 36.9 Å². The monoisotopic (exact) mass is 330 g/mol. The van der Waals surface area contributed by atoms with Crippen LogP contribution in [0.3, 0.4) is 0 Å². The summed E-state index contributed by atoms with van der Waals surface area (Å²) in [5.41, 5.74) is 0. The fourth-order valence-electron chi connectivity index (χ4n) is 2.37. The van der Waals surface area contributed by atoms with Crippen molar-refractivity contribution in [2.45, 2.75) is 30.5 Å². The molecule has 2 heterocycles. The molecule has 0 radical (unpaired) electrons. The van der Waals surface area contributed by atoms with Crippen LogP contribution in [0.4, 0.5) is 0 Å². The van der Waals surface area contributed by atoms with Crippen LogP contribution in [-0.4, -0.2) is 54.0 Å². The smallest absolute Gasteiger partial charge is 0.191 e. The summed E-state index contributed by atoms with van der Waals surface area (Å²) in [4.78, 5) is 0. The fourth-order valence-corrected chi connectivity index (χ4v) is 4.52. The summed E-state index contributed by atoms with van der Waals surface area (Å²) in [5, 5.41) is 12.7. The Morgan fingerprint density at radius 3 is 2.76 bits per heavy atom. The van der Waals surface area contributed by atoms with Gasteiger partial charge in [-0.15, -0.1) is 16.8 Å². The van der Waals surface area contributed by atoms with Crippen molar-refractivity contribution in [3.8, 4) is 0 Å². The van der Waals surface area contributed by atoms with Crippen LogP contribution in [0.5, 0.6) is 0 Å². The van der Waals surface area contributed by atoms with Gasteiger partial charge < -0.3 is 9.88 Å². The average Bonchev–Trinajstić information content (AvgIpc) is 2.82. The summed E-state index contributed by atoms with van der Waals surface area (Å²) in [5.74, 6) is 2.07. The number of sulfone groups is 1. The first-order valence-electron chi connectivity index (χ1n) is 7.06. The molecular formula is C13H22N4O2S2. The second-order valence-corrected chi connectivity index (χ2v) is 8.56. The van der Waals surface area contributed by atoms with Crippen LogP contribution in [0.2, 0.25) is 0 Å². The van der Waals surface area contributed by atoms with Crippen LogP contribution in [-0.2, 0) is 16.4 Å². The molecule has 2 rings (SSSR count). The van der Waals surface area contributed by atoms with E-state index in [1.54, 1.807) is 0 Å². The molecule has 0 atom stereocenters. The lowest BCUT2D eigenvalue weighted by atomic mass is 9.97. The Morgan fingerprint density at radius 2 is 2.14 bits per heavy atom. The number of piperidine rings is 1. The Labute approximate surface area is 130 Å². The van der Waals surface area contributed by atoms with Crippen molar-refractivity contribution in [3.63, 3.8) is 0 Å². The second-order valence-electron chi connectivity index (χ2n) is 5.24. The third-order valence-corrected chi connectivity index (χ3v) is 5.62. The number of nitrogens with one attached hydrogen (secondary N) is 1. The van der Waals surface area contributed by atoms with Crippen molar-refractivity contribution in [2.75, 3.05) is 30.9 Å². The highest BCUT2D eigenvalue weighted by atomic mass is 32.2. The Bertz CT molecular complexity index is 577. The van der Waals surface area contributed by atoms with Crippen molar-refractivity contribution < 1.29 is 8.42 Å². The highest BCUT2D eigenvalue weighted by molar-refractivity contribution is 8.00. The highest BCUT2D eigenvalue weighted by Gasteiger charge is 2.22. The summed E-state index contributed by atoms with van der Waals surface area (Å²) < 4.78 is 24.5. The van der Waals surface area contributed by atoms with Gasteiger partial charge in [0.2, 0.25) is 0 Å². The largest absolute Gasteiger partial charge is 0.317 e. The molecule has 1 aromatic rings. The lowest BCUT2D eigenvalue weighted by molar-refractivity contribution is 0.431. The van der Waals surface area contributed by atoms with Crippen LogP contribution < -0.4 is 5.32 Å². The van der Waals surface area contributed by atoms with Gasteiger partial charge in [-0.1, -0.05) is 17.8 Å². The molecule has 1 saturated heterocycles.